The van der Waals surface area contributed by atoms with E-state index in [1.165, 1.54) is 10.7 Å². The van der Waals surface area contributed by atoms with Crippen LogP contribution in [0.3, 0.4) is 0 Å². The third-order valence-electron chi connectivity index (χ3n) is 5.12. The van der Waals surface area contributed by atoms with Crippen molar-refractivity contribution in [3.63, 3.8) is 0 Å². The van der Waals surface area contributed by atoms with Gasteiger partial charge in [-0.1, -0.05) is 60.7 Å². The average molecular weight is 425 g/mol. The first kappa shape index (κ1) is 21.1. The van der Waals surface area contributed by atoms with E-state index < -0.39 is 0 Å². The predicted molar refractivity (Wildman–Crippen MR) is 123 cm³/mol. The maximum Gasteiger partial charge on any atom is 0.267 e. The quantitative estimate of drug-likeness (QED) is 0.489. The second-order valence-electron chi connectivity index (χ2n) is 7.26. The minimum absolute atomic E-state index is 0.182. The predicted octanol–water partition coefficient (Wildman–Crippen LogP) is 3.82. The van der Waals surface area contributed by atoms with Crippen molar-refractivity contribution < 1.29 is 9.53 Å². The lowest BCUT2D eigenvalue weighted by Gasteiger charge is -2.20. The van der Waals surface area contributed by atoms with Gasteiger partial charge in [-0.25, -0.2) is 4.68 Å². The Morgan fingerprint density at radius 1 is 0.875 bits per heavy atom. The summed E-state index contributed by atoms with van der Waals surface area (Å²) in [6.07, 6.45) is 0. The van der Waals surface area contributed by atoms with Crippen LogP contribution in [-0.4, -0.2) is 22.8 Å². The van der Waals surface area contributed by atoms with Crippen molar-refractivity contribution >= 4 is 5.91 Å². The lowest BCUT2D eigenvalue weighted by Crippen LogP contribution is -2.36. The molecular formula is C26H23N3O3. The van der Waals surface area contributed by atoms with E-state index in [4.69, 9.17) is 4.74 Å². The summed E-state index contributed by atoms with van der Waals surface area (Å²) in [6, 6.07) is 29.6. The van der Waals surface area contributed by atoms with Gasteiger partial charge in [0.05, 0.1) is 18.8 Å². The Labute approximate surface area is 186 Å². The lowest BCUT2D eigenvalue weighted by atomic mass is 9.99. The zero-order valence-corrected chi connectivity index (χ0v) is 17.6. The van der Waals surface area contributed by atoms with Crippen LogP contribution in [0.15, 0.2) is 102 Å². The smallest absolute Gasteiger partial charge is 0.267 e. The topological polar surface area (TPSA) is 73.2 Å². The number of aromatic nitrogens is 2. The van der Waals surface area contributed by atoms with Gasteiger partial charge in [0.1, 0.15) is 12.3 Å². The summed E-state index contributed by atoms with van der Waals surface area (Å²) in [7, 11) is 1.60. The third kappa shape index (κ3) is 4.92. The van der Waals surface area contributed by atoms with Crippen molar-refractivity contribution in [1.29, 1.82) is 0 Å². The van der Waals surface area contributed by atoms with E-state index in [2.05, 4.69) is 10.4 Å². The first-order valence-corrected chi connectivity index (χ1v) is 10.3. The van der Waals surface area contributed by atoms with Crippen LogP contribution in [0, 0.1) is 0 Å². The van der Waals surface area contributed by atoms with Gasteiger partial charge in [0.2, 0.25) is 5.91 Å². The van der Waals surface area contributed by atoms with Crippen molar-refractivity contribution in [1.82, 2.24) is 15.1 Å². The fraction of sp³-hybridized carbons (Fsp3) is 0.115. The number of rotatable bonds is 7. The first-order chi connectivity index (χ1) is 15.6. The molecule has 0 aliphatic rings. The van der Waals surface area contributed by atoms with Crippen LogP contribution in [0.5, 0.6) is 5.75 Å². The van der Waals surface area contributed by atoms with E-state index in [0.717, 1.165) is 22.4 Å². The summed E-state index contributed by atoms with van der Waals surface area (Å²) >= 11 is 0. The van der Waals surface area contributed by atoms with E-state index in [1.54, 1.807) is 13.2 Å². The van der Waals surface area contributed by atoms with E-state index in [0.29, 0.717) is 5.69 Å². The number of nitrogens with one attached hydrogen (secondary N) is 1. The number of carbonyl (C=O) groups excluding carboxylic acids is 1. The van der Waals surface area contributed by atoms with Gasteiger partial charge in [-0.2, -0.15) is 5.10 Å². The molecule has 3 aromatic carbocycles. The van der Waals surface area contributed by atoms with Crippen LogP contribution in [0.25, 0.3) is 11.3 Å². The number of hydrogen-bond acceptors (Lipinski definition) is 4. The summed E-state index contributed by atoms with van der Waals surface area (Å²) < 4.78 is 6.36. The highest BCUT2D eigenvalue weighted by Crippen LogP contribution is 2.22. The largest absolute Gasteiger partial charge is 0.497 e. The number of ether oxygens (including phenoxy) is 1. The van der Waals surface area contributed by atoms with E-state index in [9.17, 15) is 9.59 Å². The highest BCUT2D eigenvalue weighted by Gasteiger charge is 2.17. The molecule has 0 spiro atoms. The Kier molecular flexibility index (Phi) is 6.41. The van der Waals surface area contributed by atoms with E-state index >= 15 is 0 Å². The SMILES string of the molecule is COc1ccc(-c2ccc(=O)n(CC(=O)NC(c3ccccc3)c3ccccc3)n2)cc1. The molecule has 0 unspecified atom stereocenters. The van der Waals surface area contributed by atoms with Crippen LogP contribution in [0.2, 0.25) is 0 Å². The Morgan fingerprint density at radius 3 is 2.03 bits per heavy atom. The highest BCUT2D eigenvalue weighted by atomic mass is 16.5. The fourth-order valence-electron chi connectivity index (χ4n) is 3.47. The minimum atomic E-state index is -0.339. The van der Waals surface area contributed by atoms with Gasteiger partial charge >= 0.3 is 0 Å². The number of nitrogens with zero attached hydrogens (tertiary/aromatic N) is 2. The zero-order chi connectivity index (χ0) is 22.3. The molecule has 160 valence electrons. The summed E-state index contributed by atoms with van der Waals surface area (Å²) in [4.78, 5) is 25.3. The lowest BCUT2D eigenvalue weighted by molar-refractivity contribution is -0.122. The van der Waals surface area contributed by atoms with Crippen molar-refractivity contribution in [2.75, 3.05) is 7.11 Å². The van der Waals surface area contributed by atoms with Gasteiger partial charge in [0, 0.05) is 11.6 Å². The van der Waals surface area contributed by atoms with Crippen LogP contribution in [-0.2, 0) is 11.3 Å². The number of carbonyl (C=O) groups is 1. The summed E-state index contributed by atoms with van der Waals surface area (Å²) in [5, 5.41) is 7.44. The second kappa shape index (κ2) is 9.75. The Morgan fingerprint density at radius 2 is 1.47 bits per heavy atom. The van der Waals surface area contributed by atoms with Gasteiger partial charge in [-0.3, -0.25) is 9.59 Å². The average Bonchev–Trinajstić information content (AvgIpc) is 2.85. The van der Waals surface area contributed by atoms with Crippen LogP contribution in [0.4, 0.5) is 0 Å². The first-order valence-electron chi connectivity index (χ1n) is 10.3. The second-order valence-corrected chi connectivity index (χ2v) is 7.26. The molecule has 0 aliphatic heterocycles. The molecule has 1 N–H and O–H groups in total. The zero-order valence-electron chi connectivity index (χ0n) is 17.6. The Bertz CT molecular complexity index is 1200. The minimum Gasteiger partial charge on any atom is -0.497 e. The van der Waals surface area contributed by atoms with Crippen molar-refractivity contribution in [2.45, 2.75) is 12.6 Å². The molecule has 0 radical (unpaired) electrons. The molecule has 6 heteroatoms. The number of benzene rings is 3. The molecule has 0 fully saturated rings. The number of hydrogen-bond donors (Lipinski definition) is 1. The maximum atomic E-state index is 12.9. The van der Waals surface area contributed by atoms with Gasteiger partial charge in [-0.15, -0.1) is 0 Å². The summed E-state index contributed by atoms with van der Waals surface area (Å²) in [5.74, 6) is 0.429. The van der Waals surface area contributed by atoms with Gasteiger partial charge in [-0.05, 0) is 41.5 Å². The Balaban J connectivity index is 1.56. The van der Waals surface area contributed by atoms with Crippen molar-refractivity contribution in [3.05, 3.63) is 119 Å². The normalized spacial score (nSPS) is 10.7. The summed E-state index contributed by atoms with van der Waals surface area (Å²) in [5.41, 5.74) is 3.00. The molecule has 0 atom stereocenters. The Hall–Kier alpha value is -4.19. The van der Waals surface area contributed by atoms with Crippen molar-refractivity contribution in [3.8, 4) is 17.0 Å². The molecule has 4 aromatic rings. The molecule has 1 amide bonds. The van der Waals surface area contributed by atoms with Crippen LogP contribution in [0.1, 0.15) is 17.2 Å². The molecular weight excluding hydrogens is 402 g/mol. The molecule has 0 saturated heterocycles. The standard InChI is InChI=1S/C26H23N3O3/c1-32-22-14-12-19(13-15-22)23-16-17-25(31)29(28-23)18-24(30)27-26(20-8-4-2-5-9-20)21-10-6-3-7-11-21/h2-17,26H,18H2,1H3,(H,27,30). The monoisotopic (exact) mass is 425 g/mol. The van der Waals surface area contributed by atoms with Crippen LogP contribution < -0.4 is 15.6 Å². The molecule has 0 bridgehead atoms. The van der Waals surface area contributed by atoms with Crippen LogP contribution >= 0.6 is 0 Å². The fourth-order valence-corrected chi connectivity index (χ4v) is 3.47. The number of amides is 1. The van der Waals surface area contributed by atoms with E-state index in [1.807, 2.05) is 84.9 Å². The molecule has 6 nitrogen and oxygen atoms in total. The van der Waals surface area contributed by atoms with Crippen molar-refractivity contribution in [2.24, 2.45) is 0 Å². The number of methoxy groups -OCH3 is 1. The van der Waals surface area contributed by atoms with Gasteiger partial charge in [0.15, 0.2) is 0 Å². The molecule has 1 heterocycles. The molecule has 1 aromatic heterocycles. The van der Waals surface area contributed by atoms with Gasteiger partial charge in [0.25, 0.3) is 5.56 Å². The van der Waals surface area contributed by atoms with E-state index in [-0.39, 0.29) is 24.1 Å². The molecule has 32 heavy (non-hydrogen) atoms. The third-order valence-corrected chi connectivity index (χ3v) is 5.12. The molecule has 0 saturated carbocycles. The molecule has 4 rings (SSSR count). The van der Waals surface area contributed by atoms with Gasteiger partial charge < -0.3 is 10.1 Å². The maximum absolute atomic E-state index is 12.9. The highest BCUT2D eigenvalue weighted by molar-refractivity contribution is 5.76. The summed E-state index contributed by atoms with van der Waals surface area (Å²) in [6.45, 7) is -0.182. The molecule has 0 aliphatic carbocycles.